The Bertz CT molecular complexity index is 678. The summed E-state index contributed by atoms with van der Waals surface area (Å²) in [5.74, 6) is -0.466. The second-order valence-corrected chi connectivity index (χ2v) is 5.88. The molecular formula is C17H21N3O2. The maximum atomic E-state index is 11.2. The molecule has 5 nitrogen and oxygen atoms in total. The lowest BCUT2D eigenvalue weighted by Gasteiger charge is -2.26. The Labute approximate surface area is 130 Å². The molecule has 1 heterocycles. The van der Waals surface area contributed by atoms with Crippen LogP contribution in [0.25, 0.3) is 0 Å². The summed E-state index contributed by atoms with van der Waals surface area (Å²) in [5, 5.41) is 16.8. The molecule has 1 aromatic carbocycles. The molecule has 5 heteroatoms. The van der Waals surface area contributed by atoms with Crippen LogP contribution >= 0.6 is 0 Å². The van der Waals surface area contributed by atoms with Gasteiger partial charge in [-0.2, -0.15) is 5.10 Å². The summed E-state index contributed by atoms with van der Waals surface area (Å²) in [6.45, 7) is 1.64. The largest absolute Gasteiger partial charge is 0.478 e. The number of aryl methyl sites for hydroxylation is 2. The van der Waals surface area contributed by atoms with Gasteiger partial charge in [-0.05, 0) is 54.5 Å². The van der Waals surface area contributed by atoms with Crippen LogP contribution in [0.5, 0.6) is 0 Å². The summed E-state index contributed by atoms with van der Waals surface area (Å²) >= 11 is 0. The number of benzene rings is 1. The molecule has 1 unspecified atom stereocenters. The van der Waals surface area contributed by atoms with Crippen molar-refractivity contribution in [3.63, 3.8) is 0 Å². The van der Waals surface area contributed by atoms with Gasteiger partial charge >= 0.3 is 5.97 Å². The van der Waals surface area contributed by atoms with E-state index in [1.165, 1.54) is 11.1 Å². The highest BCUT2D eigenvalue weighted by atomic mass is 16.4. The molecule has 116 valence electrons. The van der Waals surface area contributed by atoms with Gasteiger partial charge in [0.25, 0.3) is 0 Å². The van der Waals surface area contributed by atoms with Crippen LogP contribution in [0, 0.1) is 0 Å². The first kappa shape index (κ1) is 14.8. The van der Waals surface area contributed by atoms with E-state index >= 15 is 0 Å². The van der Waals surface area contributed by atoms with Gasteiger partial charge in [0.2, 0.25) is 0 Å². The molecule has 1 atom stereocenters. The average molecular weight is 299 g/mol. The van der Waals surface area contributed by atoms with Gasteiger partial charge in [-0.3, -0.25) is 4.68 Å². The molecule has 22 heavy (non-hydrogen) atoms. The molecule has 2 N–H and O–H groups in total. The van der Waals surface area contributed by atoms with Crippen LogP contribution < -0.4 is 5.32 Å². The van der Waals surface area contributed by atoms with Gasteiger partial charge < -0.3 is 10.4 Å². The van der Waals surface area contributed by atoms with E-state index in [-0.39, 0.29) is 0 Å². The summed E-state index contributed by atoms with van der Waals surface area (Å²) in [6, 6.07) is 7.55. The molecule has 0 saturated heterocycles. The third kappa shape index (κ3) is 3.04. The Balaban J connectivity index is 1.69. The first-order valence-corrected chi connectivity index (χ1v) is 7.69. The fourth-order valence-electron chi connectivity index (χ4n) is 3.19. The van der Waals surface area contributed by atoms with Gasteiger partial charge in [0.15, 0.2) is 0 Å². The Morgan fingerprint density at radius 3 is 3.05 bits per heavy atom. The predicted octanol–water partition coefficient (Wildman–Crippen LogP) is 2.33. The molecule has 1 aromatic heterocycles. The van der Waals surface area contributed by atoms with E-state index in [0.29, 0.717) is 11.5 Å². The summed E-state index contributed by atoms with van der Waals surface area (Å²) in [5.41, 5.74) is 4.03. The molecule has 0 bridgehead atoms. The second kappa shape index (κ2) is 6.32. The zero-order chi connectivity index (χ0) is 15.5. The number of carboxylic acids is 1. The molecule has 0 saturated carbocycles. The molecule has 0 amide bonds. The normalized spacial score (nSPS) is 17.2. The minimum absolute atomic E-state index is 0.385. The maximum Gasteiger partial charge on any atom is 0.335 e. The van der Waals surface area contributed by atoms with Crippen molar-refractivity contribution in [2.75, 3.05) is 6.54 Å². The van der Waals surface area contributed by atoms with Gasteiger partial charge in [0.05, 0.1) is 11.3 Å². The molecule has 3 rings (SSSR count). The minimum atomic E-state index is -0.852. The zero-order valence-electron chi connectivity index (χ0n) is 12.7. The fourth-order valence-corrected chi connectivity index (χ4v) is 3.19. The van der Waals surface area contributed by atoms with Gasteiger partial charge in [-0.1, -0.05) is 6.07 Å². The van der Waals surface area contributed by atoms with Crippen LogP contribution in [0.4, 0.5) is 0 Å². The molecule has 1 aliphatic rings. The van der Waals surface area contributed by atoms with Crippen molar-refractivity contribution in [3.05, 3.63) is 52.8 Å². The van der Waals surface area contributed by atoms with Crippen molar-refractivity contribution in [2.24, 2.45) is 7.05 Å². The lowest BCUT2D eigenvalue weighted by Crippen LogP contribution is -2.25. The number of aromatic nitrogens is 2. The highest BCUT2D eigenvalue weighted by Crippen LogP contribution is 2.32. The Morgan fingerprint density at radius 2 is 2.32 bits per heavy atom. The van der Waals surface area contributed by atoms with Crippen molar-refractivity contribution in [1.82, 2.24) is 15.1 Å². The number of carbonyl (C=O) groups is 1. The average Bonchev–Trinajstić information content (AvgIpc) is 2.92. The number of hydrogen-bond donors (Lipinski definition) is 2. The quantitative estimate of drug-likeness (QED) is 0.889. The van der Waals surface area contributed by atoms with Gasteiger partial charge in [0, 0.05) is 26.3 Å². The summed E-state index contributed by atoms with van der Waals surface area (Å²) in [4.78, 5) is 11.2. The van der Waals surface area contributed by atoms with Crippen LogP contribution in [0.15, 0.2) is 30.5 Å². The molecular weight excluding hydrogens is 278 g/mol. The number of carboxylic acid groups (broad SMARTS) is 1. The standard InChI is InChI=1S/C17H21N3O2/c1-20-15(7-8-19-20)11-18-10-14-4-2-3-12-5-6-13(17(21)22)9-16(12)14/h5-9,14,18H,2-4,10-11H2,1H3,(H,21,22). The topological polar surface area (TPSA) is 67.2 Å². The van der Waals surface area contributed by atoms with Gasteiger partial charge in [0.1, 0.15) is 0 Å². The van der Waals surface area contributed by atoms with Crippen LogP contribution in [-0.2, 0) is 20.0 Å². The Morgan fingerprint density at radius 1 is 1.45 bits per heavy atom. The summed E-state index contributed by atoms with van der Waals surface area (Å²) in [6.07, 6.45) is 5.12. The highest BCUT2D eigenvalue weighted by molar-refractivity contribution is 5.88. The molecule has 2 aromatic rings. The van der Waals surface area contributed by atoms with E-state index in [4.69, 9.17) is 0 Å². The number of nitrogens with zero attached hydrogens (tertiary/aromatic N) is 2. The van der Waals surface area contributed by atoms with E-state index in [1.54, 1.807) is 12.3 Å². The third-order valence-corrected chi connectivity index (χ3v) is 4.45. The monoisotopic (exact) mass is 299 g/mol. The zero-order valence-corrected chi connectivity index (χ0v) is 12.7. The molecule has 0 aliphatic heterocycles. The van der Waals surface area contributed by atoms with E-state index < -0.39 is 5.97 Å². The van der Waals surface area contributed by atoms with Crippen molar-refractivity contribution < 1.29 is 9.90 Å². The van der Waals surface area contributed by atoms with Crippen LogP contribution in [-0.4, -0.2) is 27.4 Å². The minimum Gasteiger partial charge on any atom is -0.478 e. The molecule has 0 radical (unpaired) electrons. The SMILES string of the molecule is Cn1nccc1CNCC1CCCc2ccc(C(=O)O)cc21. The predicted molar refractivity (Wildman–Crippen MR) is 84.0 cm³/mol. The van der Waals surface area contributed by atoms with E-state index in [1.807, 2.05) is 29.9 Å². The van der Waals surface area contributed by atoms with Gasteiger partial charge in [-0.15, -0.1) is 0 Å². The van der Waals surface area contributed by atoms with E-state index in [2.05, 4.69) is 10.4 Å². The third-order valence-electron chi connectivity index (χ3n) is 4.45. The van der Waals surface area contributed by atoms with Crippen molar-refractivity contribution in [2.45, 2.75) is 31.7 Å². The highest BCUT2D eigenvalue weighted by Gasteiger charge is 2.21. The fraction of sp³-hybridized carbons (Fsp3) is 0.412. The van der Waals surface area contributed by atoms with Crippen molar-refractivity contribution in [3.8, 4) is 0 Å². The maximum absolute atomic E-state index is 11.2. The van der Waals surface area contributed by atoms with Gasteiger partial charge in [-0.25, -0.2) is 4.79 Å². The molecule has 0 fully saturated rings. The smallest absolute Gasteiger partial charge is 0.335 e. The van der Waals surface area contributed by atoms with E-state index in [0.717, 1.165) is 38.0 Å². The summed E-state index contributed by atoms with van der Waals surface area (Å²) in [7, 11) is 1.94. The molecule has 1 aliphatic carbocycles. The first-order valence-electron chi connectivity index (χ1n) is 7.69. The number of aromatic carboxylic acids is 1. The lowest BCUT2D eigenvalue weighted by molar-refractivity contribution is 0.0696. The van der Waals surface area contributed by atoms with Crippen molar-refractivity contribution >= 4 is 5.97 Å². The molecule has 0 spiro atoms. The van der Waals surface area contributed by atoms with Crippen LogP contribution in [0.1, 0.15) is 45.9 Å². The Hall–Kier alpha value is -2.14. The second-order valence-electron chi connectivity index (χ2n) is 5.88. The van der Waals surface area contributed by atoms with E-state index in [9.17, 15) is 9.90 Å². The number of rotatable bonds is 5. The van der Waals surface area contributed by atoms with Crippen molar-refractivity contribution in [1.29, 1.82) is 0 Å². The number of fused-ring (bicyclic) bond motifs is 1. The first-order chi connectivity index (χ1) is 10.6. The number of nitrogens with one attached hydrogen (secondary N) is 1. The van der Waals surface area contributed by atoms with Crippen LogP contribution in [0.3, 0.4) is 0 Å². The summed E-state index contributed by atoms with van der Waals surface area (Å²) < 4.78 is 1.87. The number of hydrogen-bond acceptors (Lipinski definition) is 3. The van der Waals surface area contributed by atoms with Crippen LogP contribution in [0.2, 0.25) is 0 Å². The lowest BCUT2D eigenvalue weighted by atomic mass is 9.82. The Kier molecular flexibility index (Phi) is 4.24.